The largest absolute Gasteiger partial charge is 0.497 e. The number of hydrogen-bond acceptors (Lipinski definition) is 6. The third-order valence-electron chi connectivity index (χ3n) is 4.75. The molecule has 3 rings (SSSR count). The second-order valence-corrected chi connectivity index (χ2v) is 7.51. The Morgan fingerprint density at radius 2 is 1.79 bits per heavy atom. The fourth-order valence-corrected chi connectivity index (χ4v) is 4.01. The maximum absolute atomic E-state index is 13.1. The van der Waals surface area contributed by atoms with E-state index in [9.17, 15) is 4.79 Å². The van der Waals surface area contributed by atoms with Crippen molar-refractivity contribution in [3.63, 3.8) is 0 Å². The van der Waals surface area contributed by atoms with Gasteiger partial charge in [0.05, 0.1) is 17.3 Å². The molecular formula is C22H27N3O3S. The van der Waals surface area contributed by atoms with Crippen LogP contribution < -0.4 is 14.4 Å². The molecule has 0 atom stereocenters. The number of rotatable bonds is 10. The van der Waals surface area contributed by atoms with Crippen molar-refractivity contribution < 1.29 is 14.3 Å². The molecule has 0 spiro atoms. The Labute approximate surface area is 175 Å². The van der Waals surface area contributed by atoms with E-state index in [-0.39, 0.29) is 12.5 Å². The van der Waals surface area contributed by atoms with Gasteiger partial charge in [-0.05, 0) is 37.4 Å². The van der Waals surface area contributed by atoms with Gasteiger partial charge in [0, 0.05) is 19.2 Å². The minimum atomic E-state index is -0.112. The Morgan fingerprint density at radius 1 is 1.03 bits per heavy atom. The van der Waals surface area contributed by atoms with Crippen LogP contribution in [0.5, 0.6) is 11.5 Å². The van der Waals surface area contributed by atoms with E-state index in [0.29, 0.717) is 23.2 Å². The number of hydrogen-bond donors (Lipinski definition) is 0. The van der Waals surface area contributed by atoms with Crippen LogP contribution in [-0.4, -0.2) is 55.7 Å². The van der Waals surface area contributed by atoms with Crippen LogP contribution in [-0.2, 0) is 4.79 Å². The Morgan fingerprint density at radius 3 is 2.52 bits per heavy atom. The molecule has 0 saturated carbocycles. The van der Waals surface area contributed by atoms with E-state index in [1.165, 1.54) is 11.3 Å². The summed E-state index contributed by atoms with van der Waals surface area (Å²) >= 11 is 1.53. The number of carbonyl (C=O) groups excluding carboxylic acids is 1. The lowest BCUT2D eigenvalue weighted by Crippen LogP contribution is -2.41. The molecule has 1 aromatic heterocycles. The fraction of sp³-hybridized carbons (Fsp3) is 0.364. The van der Waals surface area contributed by atoms with Crippen molar-refractivity contribution in [3.8, 4) is 11.5 Å². The molecule has 29 heavy (non-hydrogen) atoms. The van der Waals surface area contributed by atoms with Crippen LogP contribution in [0.1, 0.15) is 13.8 Å². The summed E-state index contributed by atoms with van der Waals surface area (Å²) in [7, 11) is 1.60. The standard InChI is InChI=1S/C22H27N3O3S/c1-4-24(5-2)13-14-25(22-23-19-11-6-7-12-20(19)29-22)21(26)16-28-18-10-8-9-17(15-18)27-3/h6-12,15H,4-5,13-14,16H2,1-3H3. The summed E-state index contributed by atoms with van der Waals surface area (Å²) in [5.74, 6) is 1.18. The number of likely N-dealkylation sites (N-methyl/N-ethyl adjacent to an activating group) is 1. The number of anilines is 1. The Balaban J connectivity index is 1.76. The molecule has 0 fully saturated rings. The van der Waals surface area contributed by atoms with E-state index in [1.54, 1.807) is 18.1 Å². The van der Waals surface area contributed by atoms with Crippen molar-refractivity contribution in [3.05, 3.63) is 48.5 Å². The molecule has 0 saturated heterocycles. The van der Waals surface area contributed by atoms with Crippen molar-refractivity contribution in [1.82, 2.24) is 9.88 Å². The van der Waals surface area contributed by atoms with Crippen LogP contribution in [0.4, 0.5) is 5.13 Å². The van der Waals surface area contributed by atoms with Gasteiger partial charge in [0.15, 0.2) is 11.7 Å². The first kappa shape index (κ1) is 21.1. The van der Waals surface area contributed by atoms with Crippen LogP contribution in [0.3, 0.4) is 0 Å². The first-order valence-electron chi connectivity index (χ1n) is 9.79. The quantitative estimate of drug-likeness (QED) is 0.502. The molecule has 0 N–H and O–H groups in total. The molecule has 1 amide bonds. The summed E-state index contributed by atoms with van der Waals surface area (Å²) in [5, 5.41) is 0.706. The molecule has 0 radical (unpaired) electrons. The van der Waals surface area contributed by atoms with Crippen LogP contribution >= 0.6 is 11.3 Å². The van der Waals surface area contributed by atoms with E-state index < -0.39 is 0 Å². The Kier molecular flexibility index (Phi) is 7.43. The highest BCUT2D eigenvalue weighted by Crippen LogP contribution is 2.29. The zero-order valence-corrected chi connectivity index (χ0v) is 17.9. The number of para-hydroxylation sites is 1. The predicted octanol–water partition coefficient (Wildman–Crippen LogP) is 4.06. The summed E-state index contributed by atoms with van der Waals surface area (Å²) < 4.78 is 12.0. The summed E-state index contributed by atoms with van der Waals surface area (Å²) in [6, 6.07) is 15.2. The van der Waals surface area contributed by atoms with Gasteiger partial charge in [-0.25, -0.2) is 4.98 Å². The van der Waals surface area contributed by atoms with Crippen molar-refractivity contribution in [2.24, 2.45) is 0 Å². The number of methoxy groups -OCH3 is 1. The lowest BCUT2D eigenvalue weighted by atomic mass is 10.3. The molecule has 6 nitrogen and oxygen atoms in total. The SMILES string of the molecule is CCN(CC)CCN(C(=O)COc1cccc(OC)c1)c1nc2ccccc2s1. The molecule has 0 unspecified atom stereocenters. The van der Waals surface area contributed by atoms with E-state index in [1.807, 2.05) is 42.5 Å². The van der Waals surface area contributed by atoms with Gasteiger partial charge in [0.1, 0.15) is 11.5 Å². The maximum atomic E-state index is 13.1. The van der Waals surface area contributed by atoms with E-state index in [4.69, 9.17) is 9.47 Å². The normalized spacial score (nSPS) is 11.0. The van der Waals surface area contributed by atoms with Gasteiger partial charge in [0.2, 0.25) is 0 Å². The summed E-state index contributed by atoms with van der Waals surface area (Å²) in [6.45, 7) is 7.44. The summed E-state index contributed by atoms with van der Waals surface area (Å²) in [6.07, 6.45) is 0. The fourth-order valence-electron chi connectivity index (χ4n) is 3.00. The predicted molar refractivity (Wildman–Crippen MR) is 118 cm³/mol. The van der Waals surface area contributed by atoms with Crippen LogP contribution in [0.15, 0.2) is 48.5 Å². The average Bonchev–Trinajstić information content (AvgIpc) is 3.19. The molecule has 2 aromatic carbocycles. The summed E-state index contributed by atoms with van der Waals surface area (Å²) in [4.78, 5) is 21.8. The number of carbonyl (C=O) groups is 1. The molecule has 0 aliphatic heterocycles. The van der Waals surface area contributed by atoms with Gasteiger partial charge < -0.3 is 14.4 Å². The van der Waals surface area contributed by atoms with Gasteiger partial charge in [-0.15, -0.1) is 0 Å². The molecule has 154 valence electrons. The van der Waals surface area contributed by atoms with Gasteiger partial charge in [0.25, 0.3) is 5.91 Å². The highest BCUT2D eigenvalue weighted by molar-refractivity contribution is 7.22. The number of aromatic nitrogens is 1. The minimum absolute atomic E-state index is 0.0542. The van der Waals surface area contributed by atoms with Crippen molar-refractivity contribution >= 4 is 32.6 Å². The highest BCUT2D eigenvalue weighted by Gasteiger charge is 2.21. The number of nitrogens with zero attached hydrogens (tertiary/aromatic N) is 3. The third-order valence-corrected chi connectivity index (χ3v) is 5.81. The van der Waals surface area contributed by atoms with E-state index >= 15 is 0 Å². The van der Waals surface area contributed by atoms with Crippen molar-refractivity contribution in [2.45, 2.75) is 13.8 Å². The topological polar surface area (TPSA) is 54.9 Å². The van der Waals surface area contributed by atoms with Gasteiger partial charge >= 0.3 is 0 Å². The van der Waals surface area contributed by atoms with E-state index in [2.05, 4.69) is 23.7 Å². The Hall–Kier alpha value is -2.64. The monoisotopic (exact) mass is 413 g/mol. The van der Waals surface area contributed by atoms with Crippen LogP contribution in [0, 0.1) is 0 Å². The van der Waals surface area contributed by atoms with Crippen molar-refractivity contribution in [2.75, 3.05) is 44.8 Å². The minimum Gasteiger partial charge on any atom is -0.497 e. The second-order valence-electron chi connectivity index (χ2n) is 6.50. The molecular weight excluding hydrogens is 386 g/mol. The molecule has 0 aliphatic carbocycles. The van der Waals surface area contributed by atoms with Crippen molar-refractivity contribution in [1.29, 1.82) is 0 Å². The number of amides is 1. The zero-order chi connectivity index (χ0) is 20.6. The van der Waals surface area contributed by atoms with Crippen LogP contribution in [0.2, 0.25) is 0 Å². The Bertz CT molecular complexity index is 907. The first-order valence-corrected chi connectivity index (χ1v) is 10.6. The first-order chi connectivity index (χ1) is 14.1. The average molecular weight is 414 g/mol. The highest BCUT2D eigenvalue weighted by atomic mass is 32.1. The number of thiazole rings is 1. The van der Waals surface area contributed by atoms with Gasteiger partial charge in [-0.2, -0.15) is 0 Å². The third kappa shape index (κ3) is 5.46. The molecule has 3 aromatic rings. The summed E-state index contributed by atoms with van der Waals surface area (Å²) in [5.41, 5.74) is 0.904. The number of benzene rings is 2. The van der Waals surface area contributed by atoms with Crippen LogP contribution in [0.25, 0.3) is 10.2 Å². The zero-order valence-electron chi connectivity index (χ0n) is 17.1. The number of fused-ring (bicyclic) bond motifs is 1. The van der Waals surface area contributed by atoms with E-state index in [0.717, 1.165) is 29.9 Å². The lowest BCUT2D eigenvalue weighted by Gasteiger charge is -2.24. The van der Waals surface area contributed by atoms with Gasteiger partial charge in [-0.1, -0.05) is 43.4 Å². The molecule has 7 heteroatoms. The smallest absolute Gasteiger partial charge is 0.266 e. The second kappa shape index (κ2) is 10.2. The number of ether oxygens (including phenoxy) is 2. The maximum Gasteiger partial charge on any atom is 0.266 e. The molecule has 1 heterocycles. The van der Waals surface area contributed by atoms with Gasteiger partial charge in [-0.3, -0.25) is 9.69 Å². The molecule has 0 aliphatic rings. The molecule has 0 bridgehead atoms. The lowest BCUT2D eigenvalue weighted by molar-refractivity contribution is -0.120.